The van der Waals surface area contributed by atoms with Gasteiger partial charge in [0.25, 0.3) is 0 Å². The first kappa shape index (κ1) is 17.2. The van der Waals surface area contributed by atoms with Crippen LogP contribution in [0.2, 0.25) is 0 Å². The molecule has 1 saturated heterocycles. The van der Waals surface area contributed by atoms with E-state index in [9.17, 15) is 13.2 Å². The van der Waals surface area contributed by atoms with Gasteiger partial charge in [-0.2, -0.15) is 0 Å². The number of rotatable bonds is 6. The van der Waals surface area contributed by atoms with Crippen LogP contribution in [-0.2, 0) is 10.0 Å². The zero-order chi connectivity index (χ0) is 15.2. The zero-order valence-electron chi connectivity index (χ0n) is 12.7. The highest BCUT2D eigenvalue weighted by molar-refractivity contribution is 7.88. The minimum atomic E-state index is -3.21. The third-order valence-corrected chi connectivity index (χ3v) is 4.25. The van der Waals surface area contributed by atoms with Crippen LogP contribution in [0.15, 0.2) is 0 Å². The van der Waals surface area contributed by atoms with E-state index in [1.807, 2.05) is 6.92 Å². The van der Waals surface area contributed by atoms with Crippen molar-refractivity contribution in [2.45, 2.75) is 58.0 Å². The van der Waals surface area contributed by atoms with Gasteiger partial charge < -0.3 is 10.2 Å². The fourth-order valence-electron chi connectivity index (χ4n) is 2.53. The molecule has 20 heavy (non-hydrogen) atoms. The molecule has 0 aromatic carbocycles. The Morgan fingerprint density at radius 2 is 2.10 bits per heavy atom. The van der Waals surface area contributed by atoms with Crippen LogP contribution in [0.25, 0.3) is 0 Å². The number of nitrogens with zero attached hydrogens (tertiary/aromatic N) is 1. The molecule has 2 amide bonds. The second kappa shape index (κ2) is 7.83. The second-order valence-electron chi connectivity index (χ2n) is 5.60. The van der Waals surface area contributed by atoms with Crippen molar-refractivity contribution < 1.29 is 13.2 Å². The molecule has 0 saturated carbocycles. The summed E-state index contributed by atoms with van der Waals surface area (Å²) in [6.45, 7) is 5.08. The largest absolute Gasteiger partial charge is 0.336 e. The van der Waals surface area contributed by atoms with E-state index < -0.39 is 10.0 Å². The average Bonchev–Trinajstić information content (AvgIpc) is 2.36. The Morgan fingerprint density at radius 3 is 2.70 bits per heavy atom. The topological polar surface area (TPSA) is 78.5 Å². The van der Waals surface area contributed by atoms with Gasteiger partial charge in [0, 0.05) is 25.2 Å². The lowest BCUT2D eigenvalue weighted by atomic mass is 10.0. The first-order valence-corrected chi connectivity index (χ1v) is 9.24. The molecule has 0 aromatic rings. The van der Waals surface area contributed by atoms with E-state index in [-0.39, 0.29) is 18.1 Å². The molecule has 1 aliphatic rings. The van der Waals surface area contributed by atoms with Gasteiger partial charge in [0.15, 0.2) is 0 Å². The van der Waals surface area contributed by atoms with Crippen LogP contribution in [0, 0.1) is 0 Å². The molecule has 0 aromatic heterocycles. The molecule has 118 valence electrons. The lowest BCUT2D eigenvalue weighted by Crippen LogP contribution is -2.54. The van der Waals surface area contributed by atoms with Crippen LogP contribution < -0.4 is 10.0 Å². The molecule has 0 aliphatic carbocycles. The summed E-state index contributed by atoms with van der Waals surface area (Å²) in [6, 6.07) is 0.0243. The van der Waals surface area contributed by atoms with Gasteiger partial charge in [0.2, 0.25) is 10.0 Å². The highest BCUT2D eigenvalue weighted by Gasteiger charge is 2.27. The number of amides is 2. The van der Waals surface area contributed by atoms with E-state index in [1.54, 1.807) is 4.90 Å². The monoisotopic (exact) mass is 305 g/mol. The maximum absolute atomic E-state index is 12.3. The average molecular weight is 305 g/mol. The predicted molar refractivity (Wildman–Crippen MR) is 80.1 cm³/mol. The van der Waals surface area contributed by atoms with Gasteiger partial charge in [-0.3, -0.25) is 0 Å². The van der Waals surface area contributed by atoms with Crippen molar-refractivity contribution >= 4 is 16.1 Å². The first-order valence-electron chi connectivity index (χ1n) is 7.35. The number of sulfonamides is 1. The van der Waals surface area contributed by atoms with Gasteiger partial charge in [-0.25, -0.2) is 17.9 Å². The van der Waals surface area contributed by atoms with E-state index in [0.717, 1.165) is 38.4 Å². The van der Waals surface area contributed by atoms with E-state index in [0.29, 0.717) is 13.1 Å². The zero-order valence-corrected chi connectivity index (χ0v) is 13.5. The summed E-state index contributed by atoms with van der Waals surface area (Å²) < 4.78 is 24.9. The predicted octanol–water partition coefficient (Wildman–Crippen LogP) is 1.29. The molecule has 1 heterocycles. The Kier molecular flexibility index (Phi) is 6.75. The number of hydrogen-bond donors (Lipinski definition) is 2. The SMILES string of the molecule is CCC[C@@H](C)NC(=O)N1CCCC[C@H]1CNS(C)(=O)=O. The summed E-state index contributed by atoms with van der Waals surface area (Å²) >= 11 is 0. The van der Waals surface area contributed by atoms with Crippen LogP contribution in [0.1, 0.15) is 46.0 Å². The highest BCUT2D eigenvalue weighted by atomic mass is 32.2. The summed E-state index contributed by atoms with van der Waals surface area (Å²) in [4.78, 5) is 14.0. The quantitative estimate of drug-likeness (QED) is 0.776. The fourth-order valence-corrected chi connectivity index (χ4v) is 3.02. The third-order valence-electron chi connectivity index (χ3n) is 3.56. The molecule has 2 N–H and O–H groups in total. The van der Waals surface area contributed by atoms with Crippen LogP contribution in [0.3, 0.4) is 0 Å². The number of nitrogens with one attached hydrogen (secondary N) is 2. The normalized spacial score (nSPS) is 21.6. The summed E-state index contributed by atoms with van der Waals surface area (Å²) in [5, 5.41) is 2.99. The van der Waals surface area contributed by atoms with E-state index in [1.165, 1.54) is 0 Å². The molecule has 0 bridgehead atoms. The highest BCUT2D eigenvalue weighted by Crippen LogP contribution is 2.17. The lowest BCUT2D eigenvalue weighted by molar-refractivity contribution is 0.149. The maximum Gasteiger partial charge on any atom is 0.317 e. The molecule has 2 atom stereocenters. The van der Waals surface area contributed by atoms with E-state index >= 15 is 0 Å². The summed E-state index contributed by atoms with van der Waals surface area (Å²) in [7, 11) is -3.21. The minimum absolute atomic E-state index is 0.0488. The Balaban J connectivity index is 2.56. The molecule has 6 nitrogen and oxygen atoms in total. The van der Waals surface area contributed by atoms with Crippen molar-refractivity contribution in [1.29, 1.82) is 0 Å². The summed E-state index contributed by atoms with van der Waals surface area (Å²) in [5.41, 5.74) is 0. The molecule has 1 aliphatic heterocycles. The molecular formula is C13H27N3O3S. The van der Waals surface area contributed by atoms with Crippen LogP contribution in [0.4, 0.5) is 4.79 Å². The van der Waals surface area contributed by atoms with Gasteiger partial charge in [-0.05, 0) is 32.6 Å². The van der Waals surface area contributed by atoms with Crippen molar-refractivity contribution in [2.24, 2.45) is 0 Å². The third kappa shape index (κ3) is 6.09. The number of piperidine rings is 1. The van der Waals surface area contributed by atoms with Gasteiger partial charge in [0.1, 0.15) is 0 Å². The summed E-state index contributed by atoms with van der Waals surface area (Å²) in [5.74, 6) is 0. The van der Waals surface area contributed by atoms with Gasteiger partial charge in [0.05, 0.1) is 6.26 Å². The Bertz CT molecular complexity index is 411. The standard InChI is InChI=1S/C13H27N3O3S/c1-4-7-11(2)15-13(17)16-9-6-5-8-12(16)10-14-20(3,18)19/h11-12,14H,4-10H2,1-3H3,(H,15,17)/t11-,12+/m1/s1. The van der Waals surface area contributed by atoms with Crippen molar-refractivity contribution in [2.75, 3.05) is 19.3 Å². The number of urea groups is 1. The molecule has 0 spiro atoms. The van der Waals surface area contributed by atoms with Crippen molar-refractivity contribution in [3.05, 3.63) is 0 Å². The van der Waals surface area contributed by atoms with Gasteiger partial charge in [-0.1, -0.05) is 13.3 Å². The van der Waals surface area contributed by atoms with Crippen molar-refractivity contribution in [1.82, 2.24) is 14.9 Å². The number of likely N-dealkylation sites (tertiary alicyclic amines) is 1. The molecule has 1 rings (SSSR count). The molecule has 0 unspecified atom stereocenters. The lowest BCUT2D eigenvalue weighted by Gasteiger charge is -2.36. The van der Waals surface area contributed by atoms with Crippen molar-refractivity contribution in [3.8, 4) is 0 Å². The Hall–Kier alpha value is -0.820. The Morgan fingerprint density at radius 1 is 1.40 bits per heavy atom. The van der Waals surface area contributed by atoms with Crippen LogP contribution in [-0.4, -0.2) is 50.8 Å². The smallest absolute Gasteiger partial charge is 0.317 e. The first-order chi connectivity index (χ1) is 9.33. The van der Waals surface area contributed by atoms with E-state index in [4.69, 9.17) is 0 Å². The van der Waals surface area contributed by atoms with Crippen molar-refractivity contribution in [3.63, 3.8) is 0 Å². The summed E-state index contributed by atoms with van der Waals surface area (Å²) in [6.07, 6.45) is 5.98. The molecule has 1 fully saturated rings. The molecule has 0 radical (unpaired) electrons. The Labute approximate surface area is 122 Å². The second-order valence-corrected chi connectivity index (χ2v) is 7.44. The van der Waals surface area contributed by atoms with Gasteiger partial charge >= 0.3 is 6.03 Å². The molecular weight excluding hydrogens is 278 g/mol. The van der Waals surface area contributed by atoms with Gasteiger partial charge in [-0.15, -0.1) is 0 Å². The van der Waals surface area contributed by atoms with Crippen LogP contribution >= 0.6 is 0 Å². The molecule has 7 heteroatoms. The number of hydrogen-bond acceptors (Lipinski definition) is 3. The van der Waals surface area contributed by atoms with Crippen LogP contribution in [0.5, 0.6) is 0 Å². The maximum atomic E-state index is 12.3. The number of carbonyl (C=O) groups is 1. The fraction of sp³-hybridized carbons (Fsp3) is 0.923. The number of carbonyl (C=O) groups excluding carboxylic acids is 1. The van der Waals surface area contributed by atoms with E-state index in [2.05, 4.69) is 17.0 Å². The minimum Gasteiger partial charge on any atom is -0.336 e.